The average molecular weight is 378 g/mol. The number of benzene rings is 2. The van der Waals surface area contributed by atoms with Gasteiger partial charge in [0.25, 0.3) is 0 Å². The number of pyridine rings is 1. The van der Waals surface area contributed by atoms with Gasteiger partial charge in [-0.1, -0.05) is 42.5 Å². The fourth-order valence-electron chi connectivity index (χ4n) is 2.71. The van der Waals surface area contributed by atoms with Gasteiger partial charge < -0.3 is 10.6 Å². The third-order valence-electron chi connectivity index (χ3n) is 4.15. The van der Waals surface area contributed by atoms with Crippen LogP contribution in [0.5, 0.6) is 0 Å². The fourth-order valence-corrected chi connectivity index (χ4v) is 3.51. The minimum atomic E-state index is -0.182. The molecule has 2 N–H and O–H groups in total. The van der Waals surface area contributed by atoms with Crippen LogP contribution >= 0.6 is 11.8 Å². The fraction of sp³-hybridized carbons (Fsp3) is 0.182. The summed E-state index contributed by atoms with van der Waals surface area (Å²) in [6.45, 7) is 2.69. The number of amides is 2. The highest BCUT2D eigenvalue weighted by Crippen LogP contribution is 2.22. The topological polar surface area (TPSA) is 54.0 Å². The Morgan fingerprint density at radius 3 is 2.70 bits per heavy atom. The summed E-state index contributed by atoms with van der Waals surface area (Å²) in [7, 11) is 0. The Morgan fingerprint density at radius 1 is 1.04 bits per heavy atom. The molecular weight excluding hydrogens is 354 g/mol. The van der Waals surface area contributed by atoms with Gasteiger partial charge in [0.1, 0.15) is 0 Å². The van der Waals surface area contributed by atoms with E-state index in [0.717, 1.165) is 28.5 Å². The van der Waals surface area contributed by atoms with Gasteiger partial charge in [0.15, 0.2) is 0 Å². The van der Waals surface area contributed by atoms with E-state index in [9.17, 15) is 4.79 Å². The predicted octanol–water partition coefficient (Wildman–Crippen LogP) is 5.05. The molecule has 0 bridgehead atoms. The number of aromatic nitrogens is 1. The number of thioether (sulfide) groups is 1. The van der Waals surface area contributed by atoms with E-state index in [-0.39, 0.29) is 6.03 Å². The van der Waals surface area contributed by atoms with Gasteiger partial charge in [0, 0.05) is 24.2 Å². The number of hydrogen-bond donors (Lipinski definition) is 2. The lowest BCUT2D eigenvalue weighted by molar-refractivity contribution is 0.252. The van der Waals surface area contributed by atoms with Crippen molar-refractivity contribution in [1.29, 1.82) is 0 Å². The molecule has 0 spiro atoms. The average Bonchev–Trinajstić information content (AvgIpc) is 2.69. The zero-order chi connectivity index (χ0) is 18.9. The second-order valence-corrected chi connectivity index (χ2v) is 7.21. The van der Waals surface area contributed by atoms with Crippen molar-refractivity contribution in [2.45, 2.75) is 24.1 Å². The number of carbonyl (C=O) groups is 1. The molecule has 1 aromatic heterocycles. The van der Waals surface area contributed by atoms with Crippen LogP contribution in [0.2, 0.25) is 0 Å². The molecule has 3 aromatic rings. The maximum Gasteiger partial charge on any atom is 0.319 e. The summed E-state index contributed by atoms with van der Waals surface area (Å²) < 4.78 is 0. The van der Waals surface area contributed by atoms with Crippen molar-refractivity contribution in [1.82, 2.24) is 10.3 Å². The maximum atomic E-state index is 12.1. The van der Waals surface area contributed by atoms with Crippen LogP contribution in [0.15, 0.2) is 78.0 Å². The van der Waals surface area contributed by atoms with E-state index >= 15 is 0 Å². The van der Waals surface area contributed by atoms with Gasteiger partial charge in [0.05, 0.1) is 5.03 Å². The van der Waals surface area contributed by atoms with Crippen LogP contribution in [-0.2, 0) is 12.2 Å². The lowest BCUT2D eigenvalue weighted by Gasteiger charge is -2.10. The summed E-state index contributed by atoms with van der Waals surface area (Å²) in [4.78, 5) is 16.5. The second-order valence-electron chi connectivity index (χ2n) is 6.21. The van der Waals surface area contributed by atoms with Crippen LogP contribution < -0.4 is 10.6 Å². The zero-order valence-corrected chi connectivity index (χ0v) is 16.1. The number of aryl methyl sites for hydroxylation is 1. The van der Waals surface area contributed by atoms with E-state index in [2.05, 4.69) is 40.7 Å². The van der Waals surface area contributed by atoms with Crippen molar-refractivity contribution in [3.63, 3.8) is 0 Å². The molecule has 0 saturated carbocycles. The number of anilines is 1. The van der Waals surface area contributed by atoms with Gasteiger partial charge in [-0.2, -0.15) is 0 Å². The monoisotopic (exact) mass is 377 g/mol. The third kappa shape index (κ3) is 6.15. The first-order valence-corrected chi connectivity index (χ1v) is 9.91. The molecule has 5 heteroatoms. The smallest absolute Gasteiger partial charge is 0.319 e. The predicted molar refractivity (Wildman–Crippen MR) is 112 cm³/mol. The quantitative estimate of drug-likeness (QED) is 0.567. The van der Waals surface area contributed by atoms with Crippen LogP contribution in [-0.4, -0.2) is 17.6 Å². The van der Waals surface area contributed by atoms with Gasteiger partial charge in [-0.25, -0.2) is 9.78 Å². The van der Waals surface area contributed by atoms with Crippen molar-refractivity contribution in [3.8, 4) is 0 Å². The van der Waals surface area contributed by atoms with E-state index in [0.29, 0.717) is 6.54 Å². The largest absolute Gasteiger partial charge is 0.338 e. The van der Waals surface area contributed by atoms with E-state index < -0.39 is 0 Å². The van der Waals surface area contributed by atoms with Crippen LogP contribution in [0.4, 0.5) is 10.5 Å². The zero-order valence-electron chi connectivity index (χ0n) is 15.3. The minimum absolute atomic E-state index is 0.182. The number of hydrogen-bond acceptors (Lipinski definition) is 3. The van der Waals surface area contributed by atoms with Gasteiger partial charge >= 0.3 is 6.03 Å². The van der Waals surface area contributed by atoms with Gasteiger partial charge in [-0.15, -0.1) is 11.8 Å². The van der Waals surface area contributed by atoms with E-state index in [1.165, 1.54) is 11.1 Å². The van der Waals surface area contributed by atoms with Crippen molar-refractivity contribution >= 4 is 23.5 Å². The van der Waals surface area contributed by atoms with Crippen LogP contribution in [0.25, 0.3) is 0 Å². The van der Waals surface area contributed by atoms with Crippen molar-refractivity contribution in [2.24, 2.45) is 0 Å². The molecule has 27 heavy (non-hydrogen) atoms. The lowest BCUT2D eigenvalue weighted by atomic mass is 10.1. The number of rotatable bonds is 7. The SMILES string of the molecule is Cc1ccccc1CCNC(=O)Nc1cccc(CSc2ccccn2)c1. The number of nitrogens with zero attached hydrogens (tertiary/aromatic N) is 1. The Labute approximate surface area is 164 Å². The molecule has 0 aliphatic rings. The van der Waals surface area contributed by atoms with E-state index in [4.69, 9.17) is 0 Å². The molecule has 0 aliphatic carbocycles. The molecule has 2 amide bonds. The number of carbonyl (C=O) groups excluding carboxylic acids is 1. The van der Waals surface area contributed by atoms with Gasteiger partial charge in [-0.05, 0) is 54.3 Å². The molecule has 138 valence electrons. The molecular formula is C22H23N3OS. The molecule has 0 radical (unpaired) electrons. The molecule has 0 aliphatic heterocycles. The molecule has 2 aromatic carbocycles. The Bertz CT molecular complexity index is 883. The Kier molecular flexibility index (Phi) is 6.88. The highest BCUT2D eigenvalue weighted by Gasteiger charge is 2.04. The summed E-state index contributed by atoms with van der Waals surface area (Å²) in [6, 6.07) is 21.8. The first-order chi connectivity index (χ1) is 13.2. The number of urea groups is 1. The summed E-state index contributed by atoms with van der Waals surface area (Å²) in [5.74, 6) is 0.807. The Hall–Kier alpha value is -2.79. The molecule has 1 heterocycles. The first kappa shape index (κ1) is 19.0. The molecule has 0 unspecified atom stereocenters. The van der Waals surface area contributed by atoms with Crippen LogP contribution in [0.3, 0.4) is 0 Å². The van der Waals surface area contributed by atoms with Gasteiger partial charge in [0.2, 0.25) is 0 Å². The Morgan fingerprint density at radius 2 is 1.89 bits per heavy atom. The molecule has 0 atom stereocenters. The molecule has 0 saturated heterocycles. The third-order valence-corrected chi connectivity index (χ3v) is 5.17. The molecule has 3 rings (SSSR count). The normalized spacial score (nSPS) is 10.4. The first-order valence-electron chi connectivity index (χ1n) is 8.93. The standard InChI is InChI=1S/C22H23N3OS/c1-17-7-2-3-9-19(17)12-14-24-22(26)25-20-10-6-8-18(15-20)16-27-21-11-4-5-13-23-21/h2-11,13,15H,12,14,16H2,1H3,(H2,24,25,26). The van der Waals surface area contributed by atoms with Crippen molar-refractivity contribution in [2.75, 3.05) is 11.9 Å². The highest BCUT2D eigenvalue weighted by atomic mass is 32.2. The van der Waals surface area contributed by atoms with Crippen LogP contribution in [0, 0.1) is 6.92 Å². The van der Waals surface area contributed by atoms with Crippen molar-refractivity contribution < 1.29 is 4.79 Å². The summed E-state index contributed by atoms with van der Waals surface area (Å²) in [5.41, 5.74) is 4.44. The maximum absolute atomic E-state index is 12.1. The summed E-state index contributed by atoms with van der Waals surface area (Å²) >= 11 is 1.67. The lowest BCUT2D eigenvalue weighted by Crippen LogP contribution is -2.30. The van der Waals surface area contributed by atoms with E-state index in [1.54, 1.807) is 18.0 Å². The summed E-state index contributed by atoms with van der Waals surface area (Å²) in [6.07, 6.45) is 2.61. The highest BCUT2D eigenvalue weighted by molar-refractivity contribution is 7.98. The second kappa shape index (κ2) is 9.78. The summed E-state index contributed by atoms with van der Waals surface area (Å²) in [5, 5.41) is 6.82. The van der Waals surface area contributed by atoms with Crippen molar-refractivity contribution in [3.05, 3.63) is 89.6 Å². The van der Waals surface area contributed by atoms with Crippen LogP contribution in [0.1, 0.15) is 16.7 Å². The number of nitrogens with one attached hydrogen (secondary N) is 2. The molecule has 0 fully saturated rings. The Balaban J connectivity index is 1.47. The van der Waals surface area contributed by atoms with Gasteiger partial charge in [-0.3, -0.25) is 0 Å². The molecule has 4 nitrogen and oxygen atoms in total. The minimum Gasteiger partial charge on any atom is -0.338 e. The van der Waals surface area contributed by atoms with E-state index in [1.807, 2.05) is 48.5 Å².